The zero-order chi connectivity index (χ0) is 15.2. The molecule has 1 aromatic heterocycles. The number of amides is 1. The topological polar surface area (TPSA) is 92.2 Å². The van der Waals surface area contributed by atoms with Gasteiger partial charge < -0.3 is 10.4 Å². The van der Waals surface area contributed by atoms with Gasteiger partial charge in [-0.05, 0) is 12.5 Å². The van der Waals surface area contributed by atoms with Crippen LogP contribution >= 0.6 is 0 Å². The summed E-state index contributed by atoms with van der Waals surface area (Å²) in [7, 11) is 0. The minimum Gasteiger partial charge on any atom is -0.481 e. The number of aromatic nitrogens is 2. The maximum atomic E-state index is 11.9. The van der Waals surface area contributed by atoms with Gasteiger partial charge in [0.1, 0.15) is 5.69 Å². The summed E-state index contributed by atoms with van der Waals surface area (Å²) >= 11 is 0. The second-order valence-electron chi connectivity index (χ2n) is 4.55. The van der Waals surface area contributed by atoms with Gasteiger partial charge in [-0.25, -0.2) is 4.98 Å². The SMILES string of the molecule is Cc1cnc(C(=O)NCC(C(=O)O)c2ccccc2)cn1. The number of hydrogen-bond acceptors (Lipinski definition) is 4. The molecule has 0 fully saturated rings. The summed E-state index contributed by atoms with van der Waals surface area (Å²) < 4.78 is 0. The van der Waals surface area contributed by atoms with Crippen LogP contribution in [0.4, 0.5) is 0 Å². The molecule has 2 rings (SSSR count). The normalized spacial score (nSPS) is 11.7. The first-order valence-corrected chi connectivity index (χ1v) is 6.42. The van der Waals surface area contributed by atoms with E-state index in [0.29, 0.717) is 11.3 Å². The van der Waals surface area contributed by atoms with Crippen molar-refractivity contribution in [1.82, 2.24) is 15.3 Å². The predicted molar refractivity (Wildman–Crippen MR) is 75.9 cm³/mol. The van der Waals surface area contributed by atoms with Crippen molar-refractivity contribution in [3.63, 3.8) is 0 Å². The van der Waals surface area contributed by atoms with Crippen molar-refractivity contribution in [2.24, 2.45) is 0 Å². The molecule has 2 N–H and O–H groups in total. The zero-order valence-corrected chi connectivity index (χ0v) is 11.5. The molecule has 6 nitrogen and oxygen atoms in total. The van der Waals surface area contributed by atoms with Gasteiger partial charge in [0.05, 0.1) is 17.8 Å². The number of carbonyl (C=O) groups is 2. The molecule has 0 aliphatic heterocycles. The molecule has 1 aromatic carbocycles. The number of hydrogen-bond donors (Lipinski definition) is 2. The second-order valence-corrected chi connectivity index (χ2v) is 4.55. The second kappa shape index (κ2) is 6.60. The number of carbonyl (C=O) groups excluding carboxylic acids is 1. The molecular weight excluding hydrogens is 270 g/mol. The summed E-state index contributed by atoms with van der Waals surface area (Å²) in [5.74, 6) is -2.23. The molecule has 0 saturated carbocycles. The van der Waals surface area contributed by atoms with Gasteiger partial charge in [-0.1, -0.05) is 30.3 Å². The van der Waals surface area contributed by atoms with Crippen molar-refractivity contribution in [2.45, 2.75) is 12.8 Å². The smallest absolute Gasteiger partial charge is 0.312 e. The van der Waals surface area contributed by atoms with Crippen molar-refractivity contribution >= 4 is 11.9 Å². The molecule has 0 radical (unpaired) electrons. The van der Waals surface area contributed by atoms with E-state index in [4.69, 9.17) is 0 Å². The highest BCUT2D eigenvalue weighted by Crippen LogP contribution is 2.14. The minimum absolute atomic E-state index is 0.00621. The third-order valence-electron chi connectivity index (χ3n) is 2.98. The van der Waals surface area contributed by atoms with Crippen LogP contribution in [-0.2, 0) is 4.79 Å². The van der Waals surface area contributed by atoms with Crippen molar-refractivity contribution in [3.8, 4) is 0 Å². The monoisotopic (exact) mass is 285 g/mol. The molecular formula is C15H15N3O3. The average Bonchev–Trinajstić information content (AvgIpc) is 2.48. The number of rotatable bonds is 5. The molecule has 21 heavy (non-hydrogen) atoms. The summed E-state index contributed by atoms with van der Waals surface area (Å²) in [6, 6.07) is 8.77. The third-order valence-corrected chi connectivity index (χ3v) is 2.98. The van der Waals surface area contributed by atoms with Crippen LogP contribution in [-0.4, -0.2) is 33.5 Å². The number of nitrogens with one attached hydrogen (secondary N) is 1. The Hall–Kier alpha value is -2.76. The number of aliphatic carboxylic acids is 1. The van der Waals surface area contributed by atoms with Crippen molar-refractivity contribution in [3.05, 3.63) is 59.7 Å². The van der Waals surface area contributed by atoms with E-state index in [0.717, 1.165) is 0 Å². The lowest BCUT2D eigenvalue weighted by Crippen LogP contribution is -2.32. The molecule has 1 atom stereocenters. The van der Waals surface area contributed by atoms with Crippen molar-refractivity contribution in [1.29, 1.82) is 0 Å². The Morgan fingerprint density at radius 3 is 2.48 bits per heavy atom. The average molecular weight is 285 g/mol. The molecule has 2 aromatic rings. The molecule has 0 spiro atoms. The van der Waals surface area contributed by atoms with E-state index in [2.05, 4.69) is 15.3 Å². The van der Waals surface area contributed by atoms with Gasteiger partial charge in [-0.2, -0.15) is 0 Å². The van der Waals surface area contributed by atoms with Gasteiger partial charge in [-0.3, -0.25) is 14.6 Å². The lowest BCUT2D eigenvalue weighted by Gasteiger charge is -2.13. The van der Waals surface area contributed by atoms with E-state index >= 15 is 0 Å². The van der Waals surface area contributed by atoms with Gasteiger partial charge >= 0.3 is 5.97 Å². The van der Waals surface area contributed by atoms with Crippen LogP contribution in [0.1, 0.15) is 27.7 Å². The number of carboxylic acid groups (broad SMARTS) is 1. The third kappa shape index (κ3) is 3.85. The van der Waals surface area contributed by atoms with E-state index in [1.165, 1.54) is 12.4 Å². The van der Waals surface area contributed by atoms with E-state index < -0.39 is 17.8 Å². The van der Waals surface area contributed by atoms with Crippen LogP contribution in [0.25, 0.3) is 0 Å². The van der Waals surface area contributed by atoms with E-state index in [1.807, 2.05) is 6.07 Å². The summed E-state index contributed by atoms with van der Waals surface area (Å²) in [4.78, 5) is 31.2. The van der Waals surface area contributed by atoms with Crippen LogP contribution in [0.5, 0.6) is 0 Å². The highest BCUT2D eigenvalue weighted by atomic mass is 16.4. The van der Waals surface area contributed by atoms with Crippen LogP contribution in [0, 0.1) is 6.92 Å². The van der Waals surface area contributed by atoms with E-state index in [-0.39, 0.29) is 12.2 Å². The number of aryl methyl sites for hydroxylation is 1. The Balaban J connectivity index is 2.04. The highest BCUT2D eigenvalue weighted by Gasteiger charge is 2.20. The van der Waals surface area contributed by atoms with Gasteiger partial charge in [0.15, 0.2) is 0 Å². The number of benzene rings is 1. The fraction of sp³-hybridized carbons (Fsp3) is 0.200. The van der Waals surface area contributed by atoms with Crippen LogP contribution < -0.4 is 5.32 Å². The molecule has 0 bridgehead atoms. The zero-order valence-electron chi connectivity index (χ0n) is 11.5. The molecule has 1 amide bonds. The molecule has 1 heterocycles. The number of nitrogens with zero attached hydrogens (tertiary/aromatic N) is 2. The van der Waals surface area contributed by atoms with Crippen molar-refractivity contribution < 1.29 is 14.7 Å². The largest absolute Gasteiger partial charge is 0.481 e. The highest BCUT2D eigenvalue weighted by molar-refractivity contribution is 5.92. The summed E-state index contributed by atoms with van der Waals surface area (Å²) in [6.45, 7) is 1.76. The molecule has 108 valence electrons. The van der Waals surface area contributed by atoms with E-state index in [9.17, 15) is 14.7 Å². The molecule has 0 aliphatic rings. The Labute approximate surface area is 121 Å². The Kier molecular flexibility index (Phi) is 4.61. The molecule has 1 unspecified atom stereocenters. The van der Waals surface area contributed by atoms with Gasteiger partial charge in [-0.15, -0.1) is 0 Å². The Morgan fingerprint density at radius 2 is 1.90 bits per heavy atom. The fourth-order valence-electron chi connectivity index (χ4n) is 1.83. The van der Waals surface area contributed by atoms with Crippen LogP contribution in [0.15, 0.2) is 42.7 Å². The van der Waals surface area contributed by atoms with Gasteiger partial charge in [0, 0.05) is 12.7 Å². The predicted octanol–water partition coefficient (Wildman–Crippen LogP) is 1.38. The summed E-state index contributed by atoms with van der Waals surface area (Å²) in [5.41, 5.74) is 1.51. The summed E-state index contributed by atoms with van der Waals surface area (Å²) in [6.07, 6.45) is 2.85. The van der Waals surface area contributed by atoms with E-state index in [1.54, 1.807) is 31.2 Å². The van der Waals surface area contributed by atoms with Crippen molar-refractivity contribution in [2.75, 3.05) is 6.54 Å². The summed E-state index contributed by atoms with van der Waals surface area (Å²) in [5, 5.41) is 11.8. The van der Waals surface area contributed by atoms with Crippen LogP contribution in [0.2, 0.25) is 0 Å². The van der Waals surface area contributed by atoms with Gasteiger partial charge in [0.25, 0.3) is 5.91 Å². The first-order valence-electron chi connectivity index (χ1n) is 6.42. The maximum Gasteiger partial charge on any atom is 0.312 e. The van der Waals surface area contributed by atoms with Crippen LogP contribution in [0.3, 0.4) is 0 Å². The van der Waals surface area contributed by atoms with Gasteiger partial charge in [0.2, 0.25) is 0 Å². The first kappa shape index (κ1) is 14.6. The molecule has 0 saturated heterocycles. The quantitative estimate of drug-likeness (QED) is 0.866. The molecule has 0 aliphatic carbocycles. The number of carboxylic acids is 1. The lowest BCUT2D eigenvalue weighted by molar-refractivity contribution is -0.138. The standard InChI is InChI=1S/C15H15N3O3/c1-10-7-17-13(9-16-10)14(19)18-8-12(15(20)21)11-5-3-2-4-6-11/h2-7,9,12H,8H2,1H3,(H,18,19)(H,20,21). The first-order chi connectivity index (χ1) is 10.1. The Morgan fingerprint density at radius 1 is 1.19 bits per heavy atom. The Bertz CT molecular complexity index is 626. The lowest BCUT2D eigenvalue weighted by atomic mass is 9.99. The minimum atomic E-state index is -0.989. The molecule has 6 heteroatoms. The maximum absolute atomic E-state index is 11.9. The fourth-order valence-corrected chi connectivity index (χ4v) is 1.83.